The van der Waals surface area contributed by atoms with Gasteiger partial charge in [-0.05, 0) is 29.8 Å². The molecule has 0 bridgehead atoms. The third kappa shape index (κ3) is 3.05. The van der Waals surface area contributed by atoms with Crippen molar-refractivity contribution in [3.8, 4) is 11.5 Å². The summed E-state index contributed by atoms with van der Waals surface area (Å²) in [5, 5.41) is 14.3. The Kier molecular flexibility index (Phi) is 4.41. The fourth-order valence-electron chi connectivity index (χ4n) is 2.22. The molecule has 0 saturated heterocycles. The maximum absolute atomic E-state index is 12.9. The molecule has 1 aromatic carbocycles. The minimum absolute atomic E-state index is 0.266. The van der Waals surface area contributed by atoms with E-state index in [-0.39, 0.29) is 5.65 Å². The molecule has 9 heteroatoms. The van der Waals surface area contributed by atoms with Gasteiger partial charge in [-0.25, -0.2) is 8.78 Å². The molecule has 3 rings (SSSR count). The summed E-state index contributed by atoms with van der Waals surface area (Å²) in [4.78, 5) is 0. The quantitative estimate of drug-likeness (QED) is 0.747. The van der Waals surface area contributed by atoms with Gasteiger partial charge in [-0.15, -0.1) is 15.3 Å². The molecule has 3 aromatic rings. The average Bonchev–Trinajstić information content (AvgIpc) is 3.03. The van der Waals surface area contributed by atoms with E-state index in [1.165, 1.54) is 0 Å². The van der Waals surface area contributed by atoms with E-state index in [4.69, 9.17) is 9.47 Å². The predicted molar refractivity (Wildman–Crippen MR) is 82.6 cm³/mol. The van der Waals surface area contributed by atoms with Crippen molar-refractivity contribution in [1.82, 2.24) is 19.8 Å². The summed E-state index contributed by atoms with van der Waals surface area (Å²) in [6.45, 7) is 0.436. The number of alkyl halides is 2. The Hall–Kier alpha value is -2.97. The molecule has 0 amide bonds. The molecule has 0 aliphatic heterocycles. The average molecular weight is 335 g/mol. The van der Waals surface area contributed by atoms with Gasteiger partial charge in [-0.3, -0.25) is 0 Å². The lowest BCUT2D eigenvalue weighted by atomic mass is 10.2. The first-order valence-electron chi connectivity index (χ1n) is 7.07. The van der Waals surface area contributed by atoms with Gasteiger partial charge in [-0.2, -0.15) is 4.52 Å². The Balaban J connectivity index is 1.79. The molecule has 0 fully saturated rings. The van der Waals surface area contributed by atoms with Crippen LogP contribution in [0, 0.1) is 0 Å². The Labute approximate surface area is 136 Å². The number of benzene rings is 1. The van der Waals surface area contributed by atoms with E-state index in [0.717, 1.165) is 10.1 Å². The van der Waals surface area contributed by atoms with Crippen molar-refractivity contribution in [2.75, 3.05) is 19.5 Å². The van der Waals surface area contributed by atoms with E-state index < -0.39 is 12.2 Å². The van der Waals surface area contributed by atoms with Gasteiger partial charge in [0.15, 0.2) is 17.1 Å². The lowest BCUT2D eigenvalue weighted by molar-refractivity contribution is 0.137. The van der Waals surface area contributed by atoms with Crippen LogP contribution in [-0.2, 0) is 6.54 Å². The van der Waals surface area contributed by atoms with Crippen LogP contribution in [0.1, 0.15) is 17.8 Å². The van der Waals surface area contributed by atoms with E-state index in [9.17, 15) is 8.78 Å². The monoisotopic (exact) mass is 335 g/mol. The lowest BCUT2D eigenvalue weighted by Gasteiger charge is -2.10. The van der Waals surface area contributed by atoms with Gasteiger partial charge in [0.1, 0.15) is 5.82 Å². The molecular weight excluding hydrogens is 320 g/mol. The number of nitrogens with zero attached hydrogens (tertiary/aromatic N) is 4. The van der Waals surface area contributed by atoms with Gasteiger partial charge in [-0.1, -0.05) is 6.07 Å². The zero-order chi connectivity index (χ0) is 17.1. The Bertz CT molecular complexity index is 853. The zero-order valence-corrected chi connectivity index (χ0v) is 13.0. The van der Waals surface area contributed by atoms with E-state index in [1.54, 1.807) is 32.4 Å². The molecule has 24 heavy (non-hydrogen) atoms. The second kappa shape index (κ2) is 6.65. The summed E-state index contributed by atoms with van der Waals surface area (Å²) in [7, 11) is 3.12. The highest BCUT2D eigenvalue weighted by atomic mass is 19.3. The van der Waals surface area contributed by atoms with Gasteiger partial charge >= 0.3 is 0 Å². The van der Waals surface area contributed by atoms with Crippen molar-refractivity contribution < 1.29 is 18.3 Å². The van der Waals surface area contributed by atoms with Gasteiger partial charge in [0.05, 0.1) is 14.2 Å². The SMILES string of the molecule is COc1ccc(CNc2ccc3nnc(C(F)F)n3n2)cc1OC. The summed E-state index contributed by atoms with van der Waals surface area (Å²) in [6.07, 6.45) is -2.74. The highest BCUT2D eigenvalue weighted by Crippen LogP contribution is 2.27. The summed E-state index contributed by atoms with van der Waals surface area (Å²) in [5.74, 6) is 1.18. The standard InChI is InChI=1S/C15H15F2N5O2/c1-23-10-4-3-9(7-11(10)24-2)8-18-12-5-6-13-19-20-15(14(16)17)22(13)21-12/h3-7,14H,8H2,1-2H3,(H,18,21). The number of nitrogens with one attached hydrogen (secondary N) is 1. The third-order valence-corrected chi connectivity index (χ3v) is 3.40. The number of anilines is 1. The van der Waals surface area contributed by atoms with Crippen LogP contribution in [0.15, 0.2) is 30.3 Å². The number of hydrogen-bond donors (Lipinski definition) is 1. The number of halogens is 2. The second-order valence-electron chi connectivity index (χ2n) is 4.89. The molecule has 1 N–H and O–H groups in total. The molecule has 0 spiro atoms. The van der Waals surface area contributed by atoms with Crippen LogP contribution >= 0.6 is 0 Å². The Morgan fingerprint density at radius 2 is 1.88 bits per heavy atom. The summed E-state index contributed by atoms with van der Waals surface area (Å²) in [5.41, 5.74) is 1.19. The number of hydrogen-bond acceptors (Lipinski definition) is 6. The van der Waals surface area contributed by atoms with Gasteiger partial charge in [0.2, 0.25) is 5.82 Å². The molecule has 126 valence electrons. The predicted octanol–water partition coefficient (Wildman–Crippen LogP) is 2.69. The molecule has 2 heterocycles. The first-order chi connectivity index (χ1) is 11.6. The molecule has 0 atom stereocenters. The van der Waals surface area contributed by atoms with Gasteiger partial charge in [0.25, 0.3) is 6.43 Å². The Morgan fingerprint density at radius 1 is 1.08 bits per heavy atom. The zero-order valence-electron chi connectivity index (χ0n) is 13.0. The number of ether oxygens (including phenoxy) is 2. The van der Waals surface area contributed by atoms with Crippen LogP contribution in [0.4, 0.5) is 14.6 Å². The lowest BCUT2D eigenvalue weighted by Crippen LogP contribution is -2.06. The van der Waals surface area contributed by atoms with E-state index in [0.29, 0.717) is 23.9 Å². The maximum Gasteiger partial charge on any atom is 0.299 e. The number of methoxy groups -OCH3 is 2. The van der Waals surface area contributed by atoms with Crippen molar-refractivity contribution in [2.45, 2.75) is 13.0 Å². The van der Waals surface area contributed by atoms with Crippen molar-refractivity contribution >= 4 is 11.5 Å². The molecule has 0 aliphatic rings. The van der Waals surface area contributed by atoms with Crippen molar-refractivity contribution in [3.05, 3.63) is 41.7 Å². The number of aromatic nitrogens is 4. The molecular formula is C15H15F2N5O2. The normalized spacial score (nSPS) is 11.0. The summed E-state index contributed by atoms with van der Waals surface area (Å²) in [6, 6.07) is 8.72. The number of rotatable bonds is 6. The first kappa shape index (κ1) is 15.9. The smallest absolute Gasteiger partial charge is 0.299 e. The van der Waals surface area contributed by atoms with Crippen LogP contribution in [0.3, 0.4) is 0 Å². The van der Waals surface area contributed by atoms with Crippen LogP contribution < -0.4 is 14.8 Å². The van der Waals surface area contributed by atoms with Gasteiger partial charge < -0.3 is 14.8 Å². The molecule has 0 unspecified atom stereocenters. The largest absolute Gasteiger partial charge is 0.493 e. The minimum atomic E-state index is -2.74. The Morgan fingerprint density at radius 3 is 2.58 bits per heavy atom. The van der Waals surface area contributed by atoms with Crippen molar-refractivity contribution in [3.63, 3.8) is 0 Å². The van der Waals surface area contributed by atoms with E-state index in [1.807, 2.05) is 12.1 Å². The first-order valence-corrected chi connectivity index (χ1v) is 7.07. The van der Waals surface area contributed by atoms with Crippen LogP contribution in [0.5, 0.6) is 11.5 Å². The van der Waals surface area contributed by atoms with Crippen LogP contribution in [0.2, 0.25) is 0 Å². The van der Waals surface area contributed by atoms with Crippen LogP contribution in [0.25, 0.3) is 5.65 Å². The molecule has 2 aromatic heterocycles. The molecule has 0 aliphatic carbocycles. The maximum atomic E-state index is 12.9. The highest BCUT2D eigenvalue weighted by molar-refractivity contribution is 5.46. The molecule has 7 nitrogen and oxygen atoms in total. The molecule has 0 saturated carbocycles. The third-order valence-electron chi connectivity index (χ3n) is 3.40. The fraction of sp³-hybridized carbons (Fsp3) is 0.267. The van der Waals surface area contributed by atoms with Crippen molar-refractivity contribution in [2.24, 2.45) is 0 Å². The summed E-state index contributed by atoms with van der Waals surface area (Å²) >= 11 is 0. The highest BCUT2D eigenvalue weighted by Gasteiger charge is 2.17. The van der Waals surface area contributed by atoms with Gasteiger partial charge in [0, 0.05) is 6.54 Å². The second-order valence-corrected chi connectivity index (χ2v) is 4.89. The van der Waals surface area contributed by atoms with E-state index >= 15 is 0 Å². The minimum Gasteiger partial charge on any atom is -0.493 e. The molecule has 0 radical (unpaired) electrons. The van der Waals surface area contributed by atoms with E-state index in [2.05, 4.69) is 20.6 Å². The van der Waals surface area contributed by atoms with Crippen LogP contribution in [-0.4, -0.2) is 34.0 Å². The topological polar surface area (TPSA) is 73.6 Å². The fourth-order valence-corrected chi connectivity index (χ4v) is 2.22. The van der Waals surface area contributed by atoms with Crippen molar-refractivity contribution in [1.29, 1.82) is 0 Å². The number of fused-ring (bicyclic) bond motifs is 1. The summed E-state index contributed by atoms with van der Waals surface area (Å²) < 4.78 is 37.2.